The molecule has 4 heteroatoms. The van der Waals surface area contributed by atoms with Crippen LogP contribution in [0.5, 0.6) is 0 Å². The van der Waals surface area contributed by atoms with Crippen molar-refractivity contribution in [3.8, 4) is 0 Å². The lowest BCUT2D eigenvalue weighted by atomic mass is 9.71. The van der Waals surface area contributed by atoms with Crippen LogP contribution >= 0.6 is 24.0 Å². The van der Waals surface area contributed by atoms with Crippen molar-refractivity contribution >= 4 is 34.1 Å². The van der Waals surface area contributed by atoms with Gasteiger partial charge in [0.25, 0.3) is 0 Å². The normalized spacial score (nSPS) is 24.7. The number of hydrogen-bond acceptors (Lipinski definition) is 4. The number of rotatable bonds is 6. The summed E-state index contributed by atoms with van der Waals surface area (Å²) in [5, 5.41) is 0. The molecule has 2 atom stereocenters. The Morgan fingerprint density at radius 3 is 2.37 bits per heavy atom. The molecule has 2 nitrogen and oxygen atoms in total. The minimum Gasteiger partial charge on any atom is -0.479 e. The number of thioether (sulfide) groups is 1. The van der Waals surface area contributed by atoms with E-state index in [2.05, 4.69) is 13.2 Å². The number of hydrogen-bond donors (Lipinski definition) is 0. The van der Waals surface area contributed by atoms with Crippen molar-refractivity contribution in [3.63, 3.8) is 0 Å². The minimum atomic E-state index is -0.391. The van der Waals surface area contributed by atoms with E-state index in [9.17, 15) is 4.79 Å². The molecule has 106 valence electrons. The molecule has 0 N–H and O–H groups in total. The topological polar surface area (TPSA) is 26.3 Å². The standard InChI is InChI=1S/C15H22O2S2/c1-5-11-8-9-12(6-2)15(11,4)13(16)10-19-14(18)17-7-3/h5-6,11-12H,1-2,7-10H2,3-4H3/t11-,12-/m0/s1. The lowest BCUT2D eigenvalue weighted by molar-refractivity contribution is -0.127. The molecule has 1 fully saturated rings. The first-order valence-electron chi connectivity index (χ1n) is 6.58. The molecule has 1 saturated carbocycles. The molecule has 1 rings (SSSR count). The first kappa shape index (κ1) is 16.4. The number of carbonyl (C=O) groups excluding carboxylic acids is 1. The van der Waals surface area contributed by atoms with Gasteiger partial charge in [-0.25, -0.2) is 0 Å². The van der Waals surface area contributed by atoms with Crippen LogP contribution in [0.15, 0.2) is 25.3 Å². The highest BCUT2D eigenvalue weighted by Crippen LogP contribution is 2.49. The van der Waals surface area contributed by atoms with Crippen molar-refractivity contribution in [3.05, 3.63) is 25.3 Å². The van der Waals surface area contributed by atoms with E-state index < -0.39 is 5.41 Å². The Balaban J connectivity index is 2.73. The maximum Gasteiger partial charge on any atom is 0.220 e. The number of ether oxygens (including phenoxy) is 1. The molecule has 0 aromatic rings. The van der Waals surface area contributed by atoms with E-state index >= 15 is 0 Å². The second-order valence-corrected chi connectivity index (χ2v) is 6.52. The highest BCUT2D eigenvalue weighted by molar-refractivity contribution is 8.23. The van der Waals surface area contributed by atoms with Gasteiger partial charge >= 0.3 is 0 Å². The Morgan fingerprint density at radius 2 is 1.95 bits per heavy atom. The summed E-state index contributed by atoms with van der Waals surface area (Å²) < 4.78 is 5.64. The van der Waals surface area contributed by atoms with Gasteiger partial charge in [-0.15, -0.1) is 13.2 Å². The van der Waals surface area contributed by atoms with E-state index in [1.54, 1.807) is 0 Å². The van der Waals surface area contributed by atoms with Crippen molar-refractivity contribution < 1.29 is 9.53 Å². The molecular formula is C15H22O2S2. The largest absolute Gasteiger partial charge is 0.479 e. The summed E-state index contributed by atoms with van der Waals surface area (Å²) in [6.07, 6.45) is 5.83. The summed E-state index contributed by atoms with van der Waals surface area (Å²) in [7, 11) is 0. The highest BCUT2D eigenvalue weighted by atomic mass is 32.2. The summed E-state index contributed by atoms with van der Waals surface area (Å²) in [5.74, 6) is 1.03. The molecule has 19 heavy (non-hydrogen) atoms. The van der Waals surface area contributed by atoms with Gasteiger partial charge in [0.15, 0.2) is 0 Å². The molecule has 0 aromatic carbocycles. The maximum atomic E-state index is 12.6. The second-order valence-electron chi connectivity index (χ2n) is 4.94. The predicted molar refractivity (Wildman–Crippen MR) is 86.4 cm³/mol. The average molecular weight is 298 g/mol. The number of thiocarbonyl (C=S) groups is 1. The Bertz CT molecular complexity index is 360. The molecular weight excluding hydrogens is 276 g/mol. The van der Waals surface area contributed by atoms with Gasteiger partial charge < -0.3 is 4.74 Å². The third-order valence-corrected chi connectivity index (χ3v) is 5.31. The molecule has 0 spiro atoms. The number of allylic oxidation sites excluding steroid dienone is 2. The van der Waals surface area contributed by atoms with E-state index in [1.165, 1.54) is 11.8 Å². The van der Waals surface area contributed by atoms with Crippen LogP contribution in [0.2, 0.25) is 0 Å². The number of Topliss-reactive ketones (excluding diaryl/α,β-unsaturated/α-hetero) is 1. The third-order valence-electron chi connectivity index (χ3n) is 4.08. The molecule has 0 amide bonds. The minimum absolute atomic E-state index is 0.215. The molecule has 0 radical (unpaired) electrons. The van der Waals surface area contributed by atoms with Crippen LogP contribution in [0.1, 0.15) is 26.7 Å². The molecule has 0 bridgehead atoms. The summed E-state index contributed by atoms with van der Waals surface area (Å²) in [6, 6.07) is 0. The summed E-state index contributed by atoms with van der Waals surface area (Å²) >= 11 is 6.36. The van der Waals surface area contributed by atoms with Crippen molar-refractivity contribution in [1.82, 2.24) is 0 Å². The average Bonchev–Trinajstić information content (AvgIpc) is 2.73. The van der Waals surface area contributed by atoms with Crippen LogP contribution in [-0.4, -0.2) is 22.5 Å². The zero-order chi connectivity index (χ0) is 14.5. The van der Waals surface area contributed by atoms with Crippen LogP contribution in [0.25, 0.3) is 0 Å². The van der Waals surface area contributed by atoms with E-state index in [0.29, 0.717) is 16.7 Å². The first-order valence-corrected chi connectivity index (χ1v) is 7.98. The fourth-order valence-electron chi connectivity index (χ4n) is 2.81. The van der Waals surface area contributed by atoms with Crippen LogP contribution in [0, 0.1) is 17.3 Å². The monoisotopic (exact) mass is 298 g/mol. The summed E-state index contributed by atoms with van der Waals surface area (Å²) in [5.41, 5.74) is -0.391. The zero-order valence-corrected chi connectivity index (χ0v) is 13.3. The quantitative estimate of drug-likeness (QED) is 0.546. The van der Waals surface area contributed by atoms with Gasteiger partial charge in [-0.2, -0.15) is 0 Å². The Hall–Kier alpha value is -0.610. The molecule has 0 aliphatic heterocycles. The van der Waals surface area contributed by atoms with Gasteiger partial charge in [0.2, 0.25) is 4.38 Å². The van der Waals surface area contributed by atoms with Crippen LogP contribution < -0.4 is 0 Å². The lowest BCUT2D eigenvalue weighted by Crippen LogP contribution is -2.37. The van der Waals surface area contributed by atoms with Gasteiger partial charge in [-0.05, 0) is 43.8 Å². The number of ketones is 1. The molecule has 1 aliphatic carbocycles. The summed E-state index contributed by atoms with van der Waals surface area (Å²) in [6.45, 7) is 12.2. The van der Waals surface area contributed by atoms with Crippen LogP contribution in [-0.2, 0) is 9.53 Å². The molecule has 0 unspecified atom stereocenters. The fourth-order valence-corrected chi connectivity index (χ4v) is 3.87. The lowest BCUT2D eigenvalue weighted by Gasteiger charge is -2.32. The van der Waals surface area contributed by atoms with Gasteiger partial charge in [-0.3, -0.25) is 4.79 Å². The van der Waals surface area contributed by atoms with Crippen molar-refractivity contribution in [2.45, 2.75) is 26.7 Å². The van der Waals surface area contributed by atoms with E-state index in [0.717, 1.165) is 12.8 Å². The van der Waals surface area contributed by atoms with Crippen LogP contribution in [0.4, 0.5) is 0 Å². The second kappa shape index (κ2) is 7.25. The van der Waals surface area contributed by atoms with E-state index in [-0.39, 0.29) is 17.6 Å². The Morgan fingerprint density at radius 1 is 1.42 bits per heavy atom. The Labute approximate surface area is 125 Å². The Kier molecular flexibility index (Phi) is 6.27. The molecule has 0 saturated heterocycles. The van der Waals surface area contributed by atoms with Gasteiger partial charge in [0.1, 0.15) is 5.78 Å². The fraction of sp³-hybridized carbons (Fsp3) is 0.600. The molecule has 0 heterocycles. The smallest absolute Gasteiger partial charge is 0.220 e. The van der Waals surface area contributed by atoms with E-state index in [4.69, 9.17) is 17.0 Å². The SMILES string of the molecule is C=C[C@H]1CC[C@H](C=C)C1(C)C(=O)CSC(=S)OCC. The van der Waals surface area contributed by atoms with Crippen LogP contribution in [0.3, 0.4) is 0 Å². The van der Waals surface area contributed by atoms with Gasteiger partial charge in [-0.1, -0.05) is 30.8 Å². The van der Waals surface area contributed by atoms with Crippen molar-refractivity contribution in [1.29, 1.82) is 0 Å². The first-order chi connectivity index (χ1) is 9.00. The number of carbonyl (C=O) groups is 1. The van der Waals surface area contributed by atoms with E-state index in [1.807, 2.05) is 26.0 Å². The van der Waals surface area contributed by atoms with Gasteiger partial charge in [0, 0.05) is 5.41 Å². The maximum absolute atomic E-state index is 12.6. The van der Waals surface area contributed by atoms with Gasteiger partial charge in [0.05, 0.1) is 12.4 Å². The third kappa shape index (κ3) is 3.48. The van der Waals surface area contributed by atoms with Crippen molar-refractivity contribution in [2.24, 2.45) is 17.3 Å². The highest BCUT2D eigenvalue weighted by Gasteiger charge is 2.48. The summed E-state index contributed by atoms with van der Waals surface area (Å²) in [4.78, 5) is 12.6. The zero-order valence-electron chi connectivity index (χ0n) is 11.7. The molecule has 1 aliphatic rings. The molecule has 0 aromatic heterocycles. The predicted octanol–water partition coefficient (Wildman–Crippen LogP) is 4.01. The van der Waals surface area contributed by atoms with Crippen molar-refractivity contribution in [2.75, 3.05) is 12.4 Å².